The number of hydrogen-bond donors (Lipinski definition) is 1. The quantitative estimate of drug-likeness (QED) is 0.595. The van der Waals surface area contributed by atoms with Gasteiger partial charge in [0, 0.05) is 5.25 Å². The van der Waals surface area contributed by atoms with E-state index in [9.17, 15) is 5.11 Å². The van der Waals surface area contributed by atoms with Gasteiger partial charge in [-0.3, -0.25) is 0 Å². The Hall–Kier alpha value is -0.380. The lowest BCUT2D eigenvalue weighted by Gasteiger charge is -2.18. The molecule has 1 nitrogen and oxygen atoms in total. The van der Waals surface area contributed by atoms with Crippen molar-refractivity contribution in [1.82, 2.24) is 0 Å². The van der Waals surface area contributed by atoms with E-state index in [1.54, 1.807) is 11.8 Å². The molecule has 0 radical (unpaired) electrons. The standard InChI is InChI=1S/C12H10OS2/c13-12-10-9(14-10)6-7-11(12,15-12)8-4-2-1-3-5-8/h1-7,9-10,13H. The molecule has 1 N–H and O–H groups in total. The summed E-state index contributed by atoms with van der Waals surface area (Å²) in [4.78, 5) is -0.529. The highest BCUT2D eigenvalue weighted by Gasteiger charge is 2.78. The van der Waals surface area contributed by atoms with Crippen LogP contribution in [0.1, 0.15) is 5.56 Å². The van der Waals surface area contributed by atoms with Gasteiger partial charge in [0.25, 0.3) is 0 Å². The lowest BCUT2D eigenvalue weighted by Crippen LogP contribution is -2.31. The Morgan fingerprint density at radius 2 is 2.00 bits per heavy atom. The van der Waals surface area contributed by atoms with Gasteiger partial charge in [0.2, 0.25) is 0 Å². The Morgan fingerprint density at radius 1 is 1.20 bits per heavy atom. The van der Waals surface area contributed by atoms with E-state index in [4.69, 9.17) is 0 Å². The number of rotatable bonds is 1. The first kappa shape index (κ1) is 8.74. The first-order valence-corrected chi connectivity index (χ1v) is 6.85. The molecule has 4 unspecified atom stereocenters. The third-order valence-electron chi connectivity index (χ3n) is 3.44. The van der Waals surface area contributed by atoms with Crippen molar-refractivity contribution < 1.29 is 5.11 Å². The molecule has 4 rings (SSSR count). The van der Waals surface area contributed by atoms with Crippen molar-refractivity contribution in [2.75, 3.05) is 0 Å². The average Bonchev–Trinajstić information content (AvgIpc) is 3.10. The SMILES string of the molecule is OC12SC1(c1ccccc1)C=CC1SC12. The second-order valence-electron chi connectivity index (χ2n) is 4.28. The number of fused-ring (bicyclic) bond motifs is 3. The molecule has 1 aliphatic carbocycles. The van der Waals surface area contributed by atoms with E-state index in [1.165, 1.54) is 5.56 Å². The van der Waals surface area contributed by atoms with Crippen LogP contribution in [0.3, 0.4) is 0 Å². The Labute approximate surface area is 97.0 Å². The Kier molecular flexibility index (Phi) is 1.44. The van der Waals surface area contributed by atoms with E-state index >= 15 is 0 Å². The molecular formula is C12H10OS2. The summed E-state index contributed by atoms with van der Waals surface area (Å²) in [5.74, 6) is 0. The van der Waals surface area contributed by atoms with E-state index in [2.05, 4.69) is 24.3 Å². The fourth-order valence-corrected chi connectivity index (χ4v) is 5.47. The summed E-state index contributed by atoms with van der Waals surface area (Å²) in [5, 5.41) is 11.5. The number of hydrogen-bond acceptors (Lipinski definition) is 3. The van der Waals surface area contributed by atoms with Gasteiger partial charge in [-0.15, -0.1) is 23.5 Å². The van der Waals surface area contributed by atoms with Gasteiger partial charge in [-0.05, 0) is 5.56 Å². The van der Waals surface area contributed by atoms with Crippen LogP contribution in [-0.2, 0) is 4.75 Å². The summed E-state index contributed by atoms with van der Waals surface area (Å²) in [6.07, 6.45) is 4.46. The fraction of sp³-hybridized carbons (Fsp3) is 0.333. The summed E-state index contributed by atoms with van der Waals surface area (Å²) in [6.45, 7) is 0. The van der Waals surface area contributed by atoms with Crippen LogP contribution < -0.4 is 0 Å². The molecular weight excluding hydrogens is 224 g/mol. The average molecular weight is 234 g/mol. The second kappa shape index (κ2) is 2.47. The lowest BCUT2D eigenvalue weighted by molar-refractivity contribution is 0.154. The van der Waals surface area contributed by atoms with Gasteiger partial charge in [-0.1, -0.05) is 42.5 Å². The second-order valence-corrected chi connectivity index (χ2v) is 7.08. The highest BCUT2D eigenvalue weighted by Crippen LogP contribution is 2.79. The molecule has 0 saturated carbocycles. The number of thioether (sulfide) groups is 2. The normalized spacial score (nSPS) is 49.4. The van der Waals surface area contributed by atoms with Gasteiger partial charge in [0.1, 0.15) is 9.68 Å². The van der Waals surface area contributed by atoms with E-state index in [0.717, 1.165) is 0 Å². The van der Waals surface area contributed by atoms with Crippen molar-refractivity contribution in [1.29, 1.82) is 0 Å². The predicted octanol–water partition coefficient (Wildman–Crippen LogP) is 2.37. The van der Waals surface area contributed by atoms with Crippen molar-refractivity contribution in [2.45, 2.75) is 20.2 Å². The Morgan fingerprint density at radius 3 is 2.80 bits per heavy atom. The first-order valence-electron chi connectivity index (χ1n) is 5.09. The lowest BCUT2D eigenvalue weighted by atomic mass is 9.87. The maximum atomic E-state index is 10.6. The van der Waals surface area contributed by atoms with E-state index in [-0.39, 0.29) is 4.75 Å². The highest BCUT2D eigenvalue weighted by molar-refractivity contribution is 8.14. The highest BCUT2D eigenvalue weighted by atomic mass is 32.2. The zero-order valence-electron chi connectivity index (χ0n) is 7.96. The minimum atomic E-state index is -0.529. The molecule has 2 fully saturated rings. The van der Waals surface area contributed by atoms with Crippen LogP contribution in [0.15, 0.2) is 42.5 Å². The molecule has 2 saturated heterocycles. The van der Waals surface area contributed by atoms with E-state index < -0.39 is 4.93 Å². The van der Waals surface area contributed by atoms with Crippen LogP contribution >= 0.6 is 23.5 Å². The van der Waals surface area contributed by atoms with Gasteiger partial charge in [-0.25, -0.2) is 0 Å². The van der Waals surface area contributed by atoms with Crippen molar-refractivity contribution in [2.24, 2.45) is 0 Å². The Bertz CT molecular complexity index is 458. The maximum Gasteiger partial charge on any atom is 0.147 e. The third kappa shape index (κ3) is 0.924. The zero-order chi connectivity index (χ0) is 10.1. The van der Waals surface area contributed by atoms with Crippen LogP contribution in [0, 0.1) is 0 Å². The molecule has 0 bridgehead atoms. The van der Waals surface area contributed by atoms with Crippen LogP contribution in [-0.4, -0.2) is 20.5 Å². The van der Waals surface area contributed by atoms with Crippen LogP contribution in [0.2, 0.25) is 0 Å². The summed E-state index contributed by atoms with van der Waals surface area (Å²) in [7, 11) is 0. The van der Waals surface area contributed by atoms with Crippen molar-refractivity contribution in [3.8, 4) is 0 Å². The molecule has 1 aromatic carbocycles. The summed E-state index contributed by atoms with van der Waals surface area (Å²) in [6, 6.07) is 10.3. The smallest absolute Gasteiger partial charge is 0.147 e. The van der Waals surface area contributed by atoms with Gasteiger partial charge in [-0.2, -0.15) is 0 Å². The maximum absolute atomic E-state index is 10.6. The van der Waals surface area contributed by atoms with E-state index in [0.29, 0.717) is 10.5 Å². The van der Waals surface area contributed by atoms with Gasteiger partial charge in [0.05, 0.1) is 5.25 Å². The summed E-state index contributed by atoms with van der Waals surface area (Å²) in [5.41, 5.74) is 1.24. The molecule has 3 aliphatic rings. The Balaban J connectivity index is 1.85. The summed E-state index contributed by atoms with van der Waals surface area (Å²) >= 11 is 3.58. The molecule has 15 heavy (non-hydrogen) atoms. The van der Waals surface area contributed by atoms with Crippen LogP contribution in [0.5, 0.6) is 0 Å². The number of benzene rings is 1. The minimum absolute atomic E-state index is 0.140. The monoisotopic (exact) mass is 234 g/mol. The van der Waals surface area contributed by atoms with Crippen LogP contribution in [0.4, 0.5) is 0 Å². The molecule has 0 aromatic heterocycles. The first-order chi connectivity index (χ1) is 7.26. The van der Waals surface area contributed by atoms with Gasteiger partial charge in [0.15, 0.2) is 0 Å². The van der Waals surface area contributed by atoms with Gasteiger partial charge >= 0.3 is 0 Å². The molecule has 3 heteroatoms. The fourth-order valence-electron chi connectivity index (χ4n) is 2.51. The van der Waals surface area contributed by atoms with Crippen molar-refractivity contribution in [3.63, 3.8) is 0 Å². The third-order valence-corrected chi connectivity index (χ3v) is 6.64. The van der Waals surface area contributed by atoms with Crippen molar-refractivity contribution >= 4 is 23.5 Å². The minimum Gasteiger partial charge on any atom is -0.376 e. The molecule has 2 heterocycles. The van der Waals surface area contributed by atoms with Crippen molar-refractivity contribution in [3.05, 3.63) is 48.0 Å². The molecule has 76 valence electrons. The molecule has 0 amide bonds. The molecule has 0 spiro atoms. The van der Waals surface area contributed by atoms with Crippen LogP contribution in [0.25, 0.3) is 0 Å². The molecule has 2 aliphatic heterocycles. The van der Waals surface area contributed by atoms with Gasteiger partial charge < -0.3 is 5.11 Å². The molecule has 4 atom stereocenters. The zero-order valence-corrected chi connectivity index (χ0v) is 9.59. The predicted molar refractivity (Wildman–Crippen MR) is 65.0 cm³/mol. The topological polar surface area (TPSA) is 20.2 Å². The van der Waals surface area contributed by atoms with E-state index in [1.807, 2.05) is 30.0 Å². The number of aliphatic hydroxyl groups is 1. The molecule has 1 aromatic rings. The summed E-state index contributed by atoms with van der Waals surface area (Å²) < 4.78 is -0.140. The largest absolute Gasteiger partial charge is 0.376 e.